The van der Waals surface area contributed by atoms with E-state index in [1.54, 1.807) is 0 Å². The Labute approximate surface area is 111 Å². The third-order valence-corrected chi connectivity index (χ3v) is 4.54. The van der Waals surface area contributed by atoms with Crippen LogP contribution in [0.25, 0.3) is 0 Å². The maximum Gasteiger partial charge on any atom is 0.240 e. The van der Waals surface area contributed by atoms with Gasteiger partial charge in [0.1, 0.15) is 0 Å². The smallest absolute Gasteiger partial charge is 0.240 e. The van der Waals surface area contributed by atoms with Crippen molar-refractivity contribution in [2.75, 3.05) is 6.54 Å². The van der Waals surface area contributed by atoms with Gasteiger partial charge < -0.3 is 4.90 Å². The van der Waals surface area contributed by atoms with Gasteiger partial charge in [-0.3, -0.25) is 10.1 Å². The zero-order valence-corrected chi connectivity index (χ0v) is 12.1. The molecule has 1 saturated heterocycles. The Hall–Kier alpha value is -0.570. The van der Waals surface area contributed by atoms with Gasteiger partial charge in [-0.05, 0) is 25.2 Å². The first-order chi connectivity index (χ1) is 8.59. The summed E-state index contributed by atoms with van der Waals surface area (Å²) in [5.74, 6) is 1.64. The van der Waals surface area contributed by atoms with Crippen LogP contribution in [0.1, 0.15) is 59.3 Å². The number of hydrogen-bond acceptors (Lipinski definition) is 2. The Kier molecular flexibility index (Phi) is 4.66. The van der Waals surface area contributed by atoms with E-state index in [-0.39, 0.29) is 12.2 Å². The van der Waals surface area contributed by atoms with E-state index in [4.69, 9.17) is 0 Å². The lowest BCUT2D eigenvalue weighted by molar-refractivity contribution is -0.130. The van der Waals surface area contributed by atoms with Crippen molar-refractivity contribution in [2.45, 2.75) is 71.5 Å². The quantitative estimate of drug-likeness (QED) is 0.834. The van der Waals surface area contributed by atoms with Gasteiger partial charge in [0.2, 0.25) is 5.91 Å². The molecule has 2 fully saturated rings. The van der Waals surface area contributed by atoms with Crippen molar-refractivity contribution in [3.63, 3.8) is 0 Å². The highest BCUT2D eigenvalue weighted by Crippen LogP contribution is 2.27. The summed E-state index contributed by atoms with van der Waals surface area (Å²) in [6, 6.07) is 0.00348. The molecule has 1 amide bonds. The SMILES string of the molecule is CC1NC(C(C)C)N(CCC2CCCCC2)C1=O. The molecule has 1 N–H and O–H groups in total. The molecular formula is C15H28N2O. The number of amides is 1. The highest BCUT2D eigenvalue weighted by molar-refractivity contribution is 5.83. The van der Waals surface area contributed by atoms with Crippen molar-refractivity contribution in [2.24, 2.45) is 11.8 Å². The molecule has 104 valence electrons. The first-order valence-electron chi connectivity index (χ1n) is 7.66. The zero-order chi connectivity index (χ0) is 13.1. The third-order valence-electron chi connectivity index (χ3n) is 4.54. The van der Waals surface area contributed by atoms with E-state index in [2.05, 4.69) is 24.1 Å². The fourth-order valence-corrected chi connectivity index (χ4v) is 3.40. The van der Waals surface area contributed by atoms with Gasteiger partial charge in [-0.15, -0.1) is 0 Å². The molecule has 3 nitrogen and oxygen atoms in total. The molecule has 1 saturated carbocycles. The van der Waals surface area contributed by atoms with Crippen LogP contribution in [-0.4, -0.2) is 29.6 Å². The minimum absolute atomic E-state index is 0.00348. The molecule has 0 aromatic carbocycles. The van der Waals surface area contributed by atoms with Crippen LogP contribution in [0.5, 0.6) is 0 Å². The van der Waals surface area contributed by atoms with Crippen LogP contribution in [0.2, 0.25) is 0 Å². The molecule has 1 aliphatic heterocycles. The van der Waals surface area contributed by atoms with E-state index in [1.807, 2.05) is 6.92 Å². The maximum absolute atomic E-state index is 12.2. The first-order valence-corrected chi connectivity index (χ1v) is 7.66. The number of carbonyl (C=O) groups is 1. The molecule has 2 unspecified atom stereocenters. The number of nitrogens with zero attached hydrogens (tertiary/aromatic N) is 1. The van der Waals surface area contributed by atoms with Gasteiger partial charge in [-0.2, -0.15) is 0 Å². The number of carbonyl (C=O) groups excluding carboxylic acids is 1. The average Bonchev–Trinajstić information content (AvgIpc) is 2.65. The second kappa shape index (κ2) is 6.05. The summed E-state index contributed by atoms with van der Waals surface area (Å²) >= 11 is 0. The number of rotatable bonds is 4. The van der Waals surface area contributed by atoms with Crippen LogP contribution in [0.15, 0.2) is 0 Å². The summed E-state index contributed by atoms with van der Waals surface area (Å²) in [6.45, 7) is 7.31. The van der Waals surface area contributed by atoms with Gasteiger partial charge in [-0.25, -0.2) is 0 Å². The second-order valence-corrected chi connectivity index (χ2v) is 6.40. The Morgan fingerprint density at radius 3 is 2.56 bits per heavy atom. The molecule has 2 atom stereocenters. The van der Waals surface area contributed by atoms with Crippen LogP contribution in [-0.2, 0) is 4.79 Å². The molecule has 0 aromatic heterocycles. The largest absolute Gasteiger partial charge is 0.326 e. The topological polar surface area (TPSA) is 32.3 Å². The Morgan fingerprint density at radius 1 is 1.28 bits per heavy atom. The molecule has 18 heavy (non-hydrogen) atoms. The van der Waals surface area contributed by atoms with Crippen LogP contribution in [0.3, 0.4) is 0 Å². The van der Waals surface area contributed by atoms with Gasteiger partial charge >= 0.3 is 0 Å². The minimum Gasteiger partial charge on any atom is -0.326 e. The summed E-state index contributed by atoms with van der Waals surface area (Å²) in [5.41, 5.74) is 0. The molecule has 2 aliphatic rings. The molecule has 0 radical (unpaired) electrons. The van der Waals surface area contributed by atoms with E-state index in [0.717, 1.165) is 12.5 Å². The van der Waals surface area contributed by atoms with E-state index in [9.17, 15) is 4.79 Å². The summed E-state index contributed by atoms with van der Waals surface area (Å²) in [4.78, 5) is 14.2. The highest BCUT2D eigenvalue weighted by atomic mass is 16.2. The van der Waals surface area contributed by atoms with Crippen molar-refractivity contribution < 1.29 is 4.79 Å². The van der Waals surface area contributed by atoms with E-state index < -0.39 is 0 Å². The summed E-state index contributed by atoms with van der Waals surface area (Å²) in [6.07, 6.45) is 8.38. The minimum atomic E-state index is 0.00348. The Bertz CT molecular complexity index is 284. The Balaban J connectivity index is 1.87. The van der Waals surface area contributed by atoms with Gasteiger partial charge in [0.05, 0.1) is 12.2 Å². The van der Waals surface area contributed by atoms with Gasteiger partial charge in [0.15, 0.2) is 0 Å². The van der Waals surface area contributed by atoms with Crippen LogP contribution < -0.4 is 5.32 Å². The fraction of sp³-hybridized carbons (Fsp3) is 0.933. The molecule has 0 aromatic rings. The third kappa shape index (κ3) is 3.05. The van der Waals surface area contributed by atoms with Crippen molar-refractivity contribution in [3.8, 4) is 0 Å². The van der Waals surface area contributed by atoms with E-state index in [0.29, 0.717) is 11.8 Å². The molecule has 1 heterocycles. The van der Waals surface area contributed by atoms with Gasteiger partial charge in [-0.1, -0.05) is 46.0 Å². The molecule has 0 spiro atoms. The maximum atomic E-state index is 12.2. The zero-order valence-electron chi connectivity index (χ0n) is 12.1. The number of hydrogen-bond donors (Lipinski definition) is 1. The molecule has 2 rings (SSSR count). The van der Waals surface area contributed by atoms with Crippen molar-refractivity contribution in [3.05, 3.63) is 0 Å². The van der Waals surface area contributed by atoms with Gasteiger partial charge in [0, 0.05) is 6.54 Å². The summed E-state index contributed by atoms with van der Waals surface area (Å²) in [5, 5.41) is 3.42. The van der Waals surface area contributed by atoms with Crippen molar-refractivity contribution >= 4 is 5.91 Å². The molecule has 3 heteroatoms. The highest BCUT2D eigenvalue weighted by Gasteiger charge is 2.37. The lowest BCUT2D eigenvalue weighted by Gasteiger charge is -2.30. The van der Waals surface area contributed by atoms with Crippen LogP contribution in [0, 0.1) is 11.8 Å². The average molecular weight is 252 g/mol. The van der Waals surface area contributed by atoms with Crippen LogP contribution >= 0.6 is 0 Å². The fourth-order valence-electron chi connectivity index (χ4n) is 3.40. The van der Waals surface area contributed by atoms with E-state index in [1.165, 1.54) is 38.5 Å². The lowest BCUT2D eigenvalue weighted by atomic mass is 9.87. The predicted molar refractivity (Wildman–Crippen MR) is 74.1 cm³/mol. The lowest BCUT2D eigenvalue weighted by Crippen LogP contribution is -2.42. The monoisotopic (exact) mass is 252 g/mol. The standard InChI is InChI=1S/C15H28N2O/c1-11(2)14-16-12(3)15(18)17(14)10-9-13-7-5-4-6-8-13/h11-14,16H,4-10H2,1-3H3. The van der Waals surface area contributed by atoms with Crippen molar-refractivity contribution in [1.29, 1.82) is 0 Å². The van der Waals surface area contributed by atoms with Gasteiger partial charge in [0.25, 0.3) is 0 Å². The molecule has 0 bridgehead atoms. The first kappa shape index (κ1) is 13.9. The number of nitrogens with one attached hydrogen (secondary N) is 1. The molecular weight excluding hydrogens is 224 g/mol. The predicted octanol–water partition coefficient (Wildman–Crippen LogP) is 2.76. The Morgan fingerprint density at radius 2 is 1.94 bits per heavy atom. The van der Waals surface area contributed by atoms with Crippen molar-refractivity contribution in [1.82, 2.24) is 10.2 Å². The molecule has 1 aliphatic carbocycles. The normalized spacial score (nSPS) is 30.4. The van der Waals surface area contributed by atoms with Crippen LogP contribution in [0.4, 0.5) is 0 Å². The van der Waals surface area contributed by atoms with E-state index >= 15 is 0 Å². The second-order valence-electron chi connectivity index (χ2n) is 6.40. The summed E-state index contributed by atoms with van der Waals surface area (Å²) in [7, 11) is 0. The summed E-state index contributed by atoms with van der Waals surface area (Å²) < 4.78 is 0.